The van der Waals surface area contributed by atoms with Crippen LogP contribution in [0.5, 0.6) is 0 Å². The van der Waals surface area contributed by atoms with Gasteiger partial charge in [0.25, 0.3) is 0 Å². The van der Waals surface area contributed by atoms with E-state index in [1.807, 2.05) is 6.26 Å². The van der Waals surface area contributed by atoms with Crippen molar-refractivity contribution in [2.24, 2.45) is 0 Å². The number of aromatic carboxylic acids is 1. The van der Waals surface area contributed by atoms with Gasteiger partial charge in [-0.1, -0.05) is 40.9 Å². The maximum absolute atomic E-state index is 10.8. The fourth-order valence-electron chi connectivity index (χ4n) is 1.15. The minimum absolute atomic E-state index is 0.0650. The highest BCUT2D eigenvalue weighted by Crippen LogP contribution is 2.29. The maximum atomic E-state index is 10.8. The molecule has 1 N–H and O–H groups in total. The molecule has 94 valence electrons. The Morgan fingerprint density at radius 2 is 2.17 bits per heavy atom. The quantitative estimate of drug-likeness (QED) is 0.850. The van der Waals surface area contributed by atoms with Crippen LogP contribution in [-0.2, 0) is 5.75 Å². The van der Waals surface area contributed by atoms with Crippen LogP contribution in [0.1, 0.15) is 16.2 Å². The molecule has 0 aliphatic heterocycles. The third-order valence-electron chi connectivity index (χ3n) is 1.93. The van der Waals surface area contributed by atoms with Crippen molar-refractivity contribution in [3.63, 3.8) is 0 Å². The van der Waals surface area contributed by atoms with Crippen molar-refractivity contribution in [3.05, 3.63) is 29.6 Å². The number of carbonyl (C=O) groups is 1. The summed E-state index contributed by atoms with van der Waals surface area (Å²) in [5.74, 6) is -0.424. The van der Waals surface area contributed by atoms with E-state index in [4.69, 9.17) is 5.11 Å². The molecular formula is C10H9N3O2S3. The van der Waals surface area contributed by atoms with E-state index in [0.717, 1.165) is 14.4 Å². The van der Waals surface area contributed by atoms with Crippen molar-refractivity contribution >= 4 is 40.8 Å². The van der Waals surface area contributed by atoms with Crippen LogP contribution in [0.25, 0.3) is 0 Å². The molecule has 2 aromatic heterocycles. The summed E-state index contributed by atoms with van der Waals surface area (Å²) in [5.41, 5.74) is 0.788. The van der Waals surface area contributed by atoms with Crippen LogP contribution in [0.4, 0.5) is 0 Å². The van der Waals surface area contributed by atoms with Crippen molar-refractivity contribution < 1.29 is 9.90 Å². The summed E-state index contributed by atoms with van der Waals surface area (Å²) >= 11 is 4.58. The SMILES string of the molecule is CSc1nnc(SCc2cccc(C(=O)O)n2)s1. The van der Waals surface area contributed by atoms with Crippen molar-refractivity contribution in [3.8, 4) is 0 Å². The molecule has 18 heavy (non-hydrogen) atoms. The Balaban J connectivity index is 2.01. The molecule has 0 aliphatic carbocycles. The van der Waals surface area contributed by atoms with Crippen LogP contribution in [0, 0.1) is 0 Å². The van der Waals surface area contributed by atoms with Gasteiger partial charge in [-0.3, -0.25) is 0 Å². The fraction of sp³-hybridized carbons (Fsp3) is 0.200. The van der Waals surface area contributed by atoms with Gasteiger partial charge in [-0.25, -0.2) is 9.78 Å². The summed E-state index contributed by atoms with van der Waals surface area (Å²) in [5, 5.41) is 16.9. The first kappa shape index (κ1) is 13.3. The number of carboxylic acid groups (broad SMARTS) is 1. The Kier molecular flexibility index (Phi) is 4.56. The predicted octanol–water partition coefficient (Wildman–Crippen LogP) is 2.65. The third kappa shape index (κ3) is 3.44. The summed E-state index contributed by atoms with van der Waals surface area (Å²) in [6, 6.07) is 4.98. The molecule has 8 heteroatoms. The molecule has 5 nitrogen and oxygen atoms in total. The Morgan fingerprint density at radius 1 is 1.39 bits per heavy atom. The number of pyridine rings is 1. The summed E-state index contributed by atoms with van der Waals surface area (Å²) in [6.07, 6.45) is 1.95. The monoisotopic (exact) mass is 299 g/mol. The van der Waals surface area contributed by atoms with Gasteiger partial charge in [-0.15, -0.1) is 10.2 Å². The summed E-state index contributed by atoms with van der Waals surface area (Å²) in [6.45, 7) is 0. The molecule has 0 atom stereocenters. The summed E-state index contributed by atoms with van der Waals surface area (Å²) < 4.78 is 1.78. The molecule has 0 radical (unpaired) electrons. The zero-order valence-corrected chi connectivity index (χ0v) is 11.8. The highest BCUT2D eigenvalue weighted by molar-refractivity contribution is 8.02. The van der Waals surface area contributed by atoms with Crippen molar-refractivity contribution in [2.45, 2.75) is 14.4 Å². The summed E-state index contributed by atoms with van der Waals surface area (Å²) in [4.78, 5) is 14.8. The Morgan fingerprint density at radius 3 is 2.83 bits per heavy atom. The van der Waals surface area contributed by atoms with Gasteiger partial charge >= 0.3 is 5.97 Å². The first-order chi connectivity index (χ1) is 8.69. The number of hydrogen-bond acceptors (Lipinski definition) is 7. The smallest absolute Gasteiger partial charge is 0.354 e. The van der Waals surface area contributed by atoms with Crippen LogP contribution in [-0.4, -0.2) is 32.5 Å². The zero-order chi connectivity index (χ0) is 13.0. The zero-order valence-electron chi connectivity index (χ0n) is 9.36. The van der Waals surface area contributed by atoms with Gasteiger partial charge in [0.2, 0.25) is 0 Å². The first-order valence-electron chi connectivity index (χ1n) is 4.88. The van der Waals surface area contributed by atoms with Crippen LogP contribution >= 0.6 is 34.9 Å². The topological polar surface area (TPSA) is 76.0 Å². The van der Waals surface area contributed by atoms with E-state index in [0.29, 0.717) is 5.75 Å². The molecule has 0 unspecified atom stereocenters. The van der Waals surface area contributed by atoms with Gasteiger partial charge in [-0.2, -0.15) is 0 Å². The number of thioether (sulfide) groups is 2. The lowest BCUT2D eigenvalue weighted by Gasteiger charge is -1.99. The minimum atomic E-state index is -1.01. The normalized spacial score (nSPS) is 10.5. The Labute approximate surface area is 116 Å². The molecule has 0 saturated heterocycles. The van der Waals surface area contributed by atoms with E-state index < -0.39 is 5.97 Å². The van der Waals surface area contributed by atoms with Crippen LogP contribution in [0.3, 0.4) is 0 Å². The molecule has 0 bridgehead atoms. The Hall–Kier alpha value is -1.12. The van der Waals surface area contributed by atoms with Crippen LogP contribution in [0.2, 0.25) is 0 Å². The molecule has 2 aromatic rings. The molecule has 2 heterocycles. The van der Waals surface area contributed by atoms with Crippen molar-refractivity contribution in [1.29, 1.82) is 0 Å². The van der Waals surface area contributed by atoms with Crippen molar-refractivity contribution in [1.82, 2.24) is 15.2 Å². The van der Waals surface area contributed by atoms with Gasteiger partial charge in [-0.05, 0) is 18.4 Å². The van der Waals surface area contributed by atoms with E-state index in [1.54, 1.807) is 23.9 Å². The van der Waals surface area contributed by atoms with E-state index in [9.17, 15) is 4.79 Å². The highest BCUT2D eigenvalue weighted by Gasteiger charge is 2.07. The van der Waals surface area contributed by atoms with Crippen LogP contribution < -0.4 is 0 Å². The average molecular weight is 299 g/mol. The van der Waals surface area contributed by atoms with Gasteiger partial charge < -0.3 is 5.11 Å². The number of aromatic nitrogens is 3. The molecule has 0 aromatic carbocycles. The standard InChI is InChI=1S/C10H9N3O2S3/c1-16-9-12-13-10(18-9)17-5-6-3-2-4-7(11-6)8(14)15/h2-4H,5H2,1H3,(H,14,15). The second-order valence-electron chi connectivity index (χ2n) is 3.15. The van der Waals surface area contributed by atoms with E-state index in [1.165, 1.54) is 29.2 Å². The van der Waals surface area contributed by atoms with Gasteiger partial charge in [0, 0.05) is 5.75 Å². The summed E-state index contributed by atoms with van der Waals surface area (Å²) in [7, 11) is 0. The van der Waals surface area contributed by atoms with Gasteiger partial charge in [0.05, 0.1) is 5.69 Å². The molecule has 0 amide bonds. The lowest BCUT2D eigenvalue weighted by molar-refractivity contribution is 0.0690. The molecule has 2 rings (SSSR count). The molecular weight excluding hydrogens is 290 g/mol. The maximum Gasteiger partial charge on any atom is 0.354 e. The lowest BCUT2D eigenvalue weighted by atomic mass is 10.3. The van der Waals surface area contributed by atoms with E-state index in [-0.39, 0.29) is 5.69 Å². The lowest BCUT2D eigenvalue weighted by Crippen LogP contribution is -2.01. The Bertz CT molecular complexity index is 559. The number of nitrogens with zero attached hydrogens (tertiary/aromatic N) is 3. The fourth-order valence-corrected chi connectivity index (χ4v) is 3.50. The third-order valence-corrected chi connectivity index (χ3v) is 5.00. The minimum Gasteiger partial charge on any atom is -0.477 e. The van der Waals surface area contributed by atoms with Crippen LogP contribution in [0.15, 0.2) is 26.9 Å². The number of rotatable bonds is 5. The second kappa shape index (κ2) is 6.17. The molecule has 0 fully saturated rings. The molecule has 0 spiro atoms. The number of carboxylic acids is 1. The highest BCUT2D eigenvalue weighted by atomic mass is 32.2. The van der Waals surface area contributed by atoms with Gasteiger partial charge in [0.1, 0.15) is 5.69 Å². The second-order valence-corrected chi connectivity index (χ2v) is 6.40. The first-order valence-corrected chi connectivity index (χ1v) is 7.91. The predicted molar refractivity (Wildman–Crippen MR) is 72.4 cm³/mol. The van der Waals surface area contributed by atoms with E-state index in [2.05, 4.69) is 15.2 Å². The van der Waals surface area contributed by atoms with Crippen molar-refractivity contribution in [2.75, 3.05) is 6.26 Å². The molecule has 0 saturated carbocycles. The van der Waals surface area contributed by atoms with Gasteiger partial charge in [0.15, 0.2) is 8.68 Å². The largest absolute Gasteiger partial charge is 0.477 e. The molecule has 0 aliphatic rings. The average Bonchev–Trinajstić information content (AvgIpc) is 2.84. The number of hydrogen-bond donors (Lipinski definition) is 1. The van der Waals surface area contributed by atoms with E-state index >= 15 is 0 Å².